The number of thioether (sulfide) groups is 1. The van der Waals surface area contributed by atoms with E-state index in [1.54, 1.807) is 23.9 Å². The molecule has 0 aromatic heterocycles. The Labute approximate surface area is 115 Å². The van der Waals surface area contributed by atoms with Crippen LogP contribution in [-0.2, 0) is 4.79 Å². The van der Waals surface area contributed by atoms with E-state index in [1.165, 1.54) is 0 Å². The molecule has 1 atom stereocenters. The zero-order valence-corrected chi connectivity index (χ0v) is 11.0. The number of amides is 1. The third-order valence-corrected chi connectivity index (χ3v) is 4.40. The molecule has 1 aliphatic heterocycles. The standard InChI is InChI=1S/C15H13NO2S/c17-11-7-5-10(6-8-11)14-9-15(18)16-12-3-1-2-4-13(12)19-14/h1-8,14,17H,9H2,(H,16,18). The molecular formula is C15H13NO2S. The van der Waals surface area contributed by atoms with E-state index in [-0.39, 0.29) is 16.9 Å². The molecule has 3 rings (SSSR count). The molecule has 1 unspecified atom stereocenters. The Hall–Kier alpha value is -1.94. The largest absolute Gasteiger partial charge is 0.508 e. The molecule has 19 heavy (non-hydrogen) atoms. The van der Waals surface area contributed by atoms with Crippen molar-refractivity contribution in [1.29, 1.82) is 0 Å². The number of carbonyl (C=O) groups excluding carboxylic acids is 1. The van der Waals surface area contributed by atoms with Crippen molar-refractivity contribution in [3.05, 3.63) is 54.1 Å². The molecule has 0 aliphatic carbocycles. The summed E-state index contributed by atoms with van der Waals surface area (Å²) < 4.78 is 0. The Bertz CT molecular complexity index is 610. The number of carbonyl (C=O) groups is 1. The number of para-hydroxylation sites is 1. The maximum Gasteiger partial charge on any atom is 0.225 e. The first kappa shape index (κ1) is 12.1. The van der Waals surface area contributed by atoms with Gasteiger partial charge in [0.25, 0.3) is 0 Å². The van der Waals surface area contributed by atoms with Gasteiger partial charge in [-0.3, -0.25) is 4.79 Å². The fourth-order valence-electron chi connectivity index (χ4n) is 2.11. The van der Waals surface area contributed by atoms with Crippen molar-refractivity contribution in [2.45, 2.75) is 16.6 Å². The van der Waals surface area contributed by atoms with Crippen LogP contribution in [0.25, 0.3) is 0 Å². The van der Waals surface area contributed by atoms with E-state index in [0.29, 0.717) is 6.42 Å². The zero-order valence-electron chi connectivity index (χ0n) is 10.2. The maximum atomic E-state index is 11.9. The van der Waals surface area contributed by atoms with Gasteiger partial charge < -0.3 is 10.4 Å². The highest BCUT2D eigenvalue weighted by molar-refractivity contribution is 7.99. The number of phenolic OH excluding ortho intramolecular Hbond substituents is 1. The second-order valence-corrected chi connectivity index (χ2v) is 5.69. The molecule has 2 aromatic carbocycles. The van der Waals surface area contributed by atoms with Crippen molar-refractivity contribution < 1.29 is 9.90 Å². The van der Waals surface area contributed by atoms with E-state index in [1.807, 2.05) is 36.4 Å². The average molecular weight is 271 g/mol. The number of phenols is 1. The Morgan fingerprint density at radius 2 is 1.84 bits per heavy atom. The van der Waals surface area contributed by atoms with Gasteiger partial charge in [0.15, 0.2) is 0 Å². The highest BCUT2D eigenvalue weighted by Gasteiger charge is 2.23. The van der Waals surface area contributed by atoms with Gasteiger partial charge in [-0.25, -0.2) is 0 Å². The third kappa shape index (κ3) is 2.58. The van der Waals surface area contributed by atoms with Gasteiger partial charge in [0, 0.05) is 16.6 Å². The van der Waals surface area contributed by atoms with Gasteiger partial charge in [-0.05, 0) is 29.8 Å². The lowest BCUT2D eigenvalue weighted by atomic mass is 10.1. The lowest BCUT2D eigenvalue weighted by Gasteiger charge is -2.13. The SMILES string of the molecule is O=C1CC(c2ccc(O)cc2)Sc2ccccc2N1. The van der Waals surface area contributed by atoms with E-state index < -0.39 is 0 Å². The van der Waals surface area contributed by atoms with Crippen LogP contribution in [0.5, 0.6) is 5.75 Å². The van der Waals surface area contributed by atoms with Crippen molar-refractivity contribution in [2.75, 3.05) is 5.32 Å². The summed E-state index contributed by atoms with van der Waals surface area (Å²) in [7, 11) is 0. The van der Waals surface area contributed by atoms with E-state index in [2.05, 4.69) is 5.32 Å². The molecule has 0 bridgehead atoms. The van der Waals surface area contributed by atoms with Gasteiger partial charge in [0.1, 0.15) is 5.75 Å². The van der Waals surface area contributed by atoms with Gasteiger partial charge in [-0.2, -0.15) is 0 Å². The number of aromatic hydroxyl groups is 1. The van der Waals surface area contributed by atoms with E-state index >= 15 is 0 Å². The number of hydrogen-bond donors (Lipinski definition) is 2. The molecule has 2 N–H and O–H groups in total. The number of hydrogen-bond acceptors (Lipinski definition) is 3. The predicted octanol–water partition coefficient (Wildman–Crippen LogP) is 3.57. The van der Waals surface area contributed by atoms with Crippen LogP contribution in [0.4, 0.5) is 5.69 Å². The summed E-state index contributed by atoms with van der Waals surface area (Å²) >= 11 is 1.68. The summed E-state index contributed by atoms with van der Waals surface area (Å²) in [5.74, 6) is 0.266. The number of nitrogens with one attached hydrogen (secondary N) is 1. The molecular weight excluding hydrogens is 258 g/mol. The highest BCUT2D eigenvalue weighted by atomic mass is 32.2. The van der Waals surface area contributed by atoms with Crippen LogP contribution in [-0.4, -0.2) is 11.0 Å². The Morgan fingerprint density at radius 3 is 2.63 bits per heavy atom. The van der Waals surface area contributed by atoms with Gasteiger partial charge >= 0.3 is 0 Å². The van der Waals surface area contributed by atoms with Crippen LogP contribution in [0.1, 0.15) is 17.2 Å². The molecule has 0 saturated carbocycles. The summed E-state index contributed by atoms with van der Waals surface area (Å²) in [5, 5.41) is 12.3. The number of fused-ring (bicyclic) bond motifs is 1. The van der Waals surface area contributed by atoms with E-state index in [4.69, 9.17) is 0 Å². The third-order valence-electron chi connectivity index (χ3n) is 3.07. The first-order chi connectivity index (χ1) is 9.22. The molecule has 2 aromatic rings. The average Bonchev–Trinajstić information content (AvgIpc) is 2.57. The zero-order chi connectivity index (χ0) is 13.2. The normalized spacial score (nSPS) is 18.3. The van der Waals surface area contributed by atoms with Crippen LogP contribution in [0.2, 0.25) is 0 Å². The first-order valence-electron chi connectivity index (χ1n) is 6.07. The lowest BCUT2D eigenvalue weighted by Crippen LogP contribution is -2.11. The fourth-order valence-corrected chi connectivity index (χ4v) is 3.35. The van der Waals surface area contributed by atoms with Gasteiger partial charge in [-0.15, -0.1) is 11.8 Å². The number of rotatable bonds is 1. The highest BCUT2D eigenvalue weighted by Crippen LogP contribution is 2.43. The Balaban J connectivity index is 1.95. The molecule has 0 saturated heterocycles. The predicted molar refractivity (Wildman–Crippen MR) is 76.4 cm³/mol. The van der Waals surface area contributed by atoms with Crippen molar-refractivity contribution >= 4 is 23.4 Å². The summed E-state index contributed by atoms with van der Waals surface area (Å²) in [5.41, 5.74) is 1.92. The fraction of sp³-hybridized carbons (Fsp3) is 0.133. The molecule has 0 fully saturated rings. The monoisotopic (exact) mass is 271 g/mol. The quantitative estimate of drug-likeness (QED) is 0.833. The van der Waals surface area contributed by atoms with Crippen LogP contribution in [0, 0.1) is 0 Å². The van der Waals surface area contributed by atoms with Gasteiger partial charge in [0.2, 0.25) is 5.91 Å². The lowest BCUT2D eigenvalue weighted by molar-refractivity contribution is -0.116. The minimum atomic E-state index is 0.0236. The van der Waals surface area contributed by atoms with Gasteiger partial charge in [-0.1, -0.05) is 24.3 Å². The summed E-state index contributed by atoms with van der Waals surface area (Å²) in [6.07, 6.45) is 0.435. The van der Waals surface area contributed by atoms with E-state index in [0.717, 1.165) is 16.1 Å². The van der Waals surface area contributed by atoms with Crippen LogP contribution in [0.3, 0.4) is 0 Å². The van der Waals surface area contributed by atoms with Crippen LogP contribution >= 0.6 is 11.8 Å². The smallest absolute Gasteiger partial charge is 0.225 e. The summed E-state index contributed by atoms with van der Waals surface area (Å²) in [6.45, 7) is 0. The van der Waals surface area contributed by atoms with Crippen molar-refractivity contribution in [2.24, 2.45) is 0 Å². The second kappa shape index (κ2) is 4.97. The van der Waals surface area contributed by atoms with Crippen molar-refractivity contribution in [1.82, 2.24) is 0 Å². The molecule has 1 aliphatic rings. The van der Waals surface area contributed by atoms with Gasteiger partial charge in [0.05, 0.1) is 5.69 Å². The first-order valence-corrected chi connectivity index (χ1v) is 6.95. The topological polar surface area (TPSA) is 49.3 Å². The maximum absolute atomic E-state index is 11.9. The molecule has 3 nitrogen and oxygen atoms in total. The number of anilines is 1. The van der Waals surface area contributed by atoms with Crippen LogP contribution < -0.4 is 5.32 Å². The minimum Gasteiger partial charge on any atom is -0.508 e. The van der Waals surface area contributed by atoms with Crippen molar-refractivity contribution in [3.63, 3.8) is 0 Å². The Morgan fingerprint density at radius 1 is 1.11 bits per heavy atom. The molecule has 4 heteroatoms. The molecule has 0 radical (unpaired) electrons. The molecule has 0 spiro atoms. The molecule has 96 valence electrons. The molecule has 1 amide bonds. The van der Waals surface area contributed by atoms with Crippen molar-refractivity contribution in [3.8, 4) is 5.75 Å². The molecule has 1 heterocycles. The Kier molecular flexibility index (Phi) is 3.17. The second-order valence-electron chi connectivity index (χ2n) is 4.45. The van der Waals surface area contributed by atoms with E-state index in [9.17, 15) is 9.90 Å². The summed E-state index contributed by atoms with van der Waals surface area (Å²) in [6, 6.07) is 14.9. The number of benzene rings is 2. The minimum absolute atomic E-state index is 0.0236. The summed E-state index contributed by atoms with van der Waals surface area (Å²) in [4.78, 5) is 13.0. The van der Waals surface area contributed by atoms with Crippen LogP contribution in [0.15, 0.2) is 53.4 Å².